The van der Waals surface area contributed by atoms with Gasteiger partial charge in [-0.3, -0.25) is 0 Å². The molecule has 1 aromatic heterocycles. The predicted octanol–water partition coefficient (Wildman–Crippen LogP) is 2.14. The van der Waals surface area contributed by atoms with Gasteiger partial charge in [0.2, 0.25) is 0 Å². The lowest BCUT2D eigenvalue weighted by atomic mass is 9.93. The first-order valence-corrected chi connectivity index (χ1v) is 7.11. The summed E-state index contributed by atoms with van der Waals surface area (Å²) in [5.41, 5.74) is 5.27. The molecule has 3 N–H and O–H groups in total. The number of likely N-dealkylation sites (tertiary alicyclic amines) is 1. The molecule has 0 radical (unpaired) electrons. The highest BCUT2D eigenvalue weighted by molar-refractivity contribution is 7.10. The summed E-state index contributed by atoms with van der Waals surface area (Å²) in [4.78, 5) is 13.8. The van der Waals surface area contributed by atoms with E-state index in [0.29, 0.717) is 13.0 Å². The van der Waals surface area contributed by atoms with Crippen molar-refractivity contribution in [3.8, 4) is 0 Å². The second kappa shape index (κ2) is 6.01. The quantitative estimate of drug-likeness (QED) is 0.899. The van der Waals surface area contributed by atoms with Crippen LogP contribution in [0.25, 0.3) is 0 Å². The van der Waals surface area contributed by atoms with E-state index in [-0.39, 0.29) is 12.5 Å². The second-order valence-corrected chi connectivity index (χ2v) is 5.86. The molecule has 20 heavy (non-hydrogen) atoms. The minimum Gasteiger partial charge on any atom is -0.351 e. The van der Waals surface area contributed by atoms with Gasteiger partial charge in [-0.2, -0.15) is 13.2 Å². The summed E-state index contributed by atoms with van der Waals surface area (Å²) in [5, 5.41) is 4.38. The molecule has 1 aromatic rings. The molecular weight excluding hydrogens is 291 g/mol. The lowest BCUT2D eigenvalue weighted by Gasteiger charge is -2.37. The van der Waals surface area contributed by atoms with Crippen molar-refractivity contribution in [1.82, 2.24) is 10.2 Å². The number of thiophene rings is 1. The molecule has 1 saturated heterocycles. The molecule has 0 spiro atoms. The number of piperidine rings is 1. The van der Waals surface area contributed by atoms with E-state index in [1.807, 2.05) is 17.5 Å². The molecule has 0 saturated carbocycles. The number of halogens is 3. The van der Waals surface area contributed by atoms with Crippen LogP contribution in [0, 0.1) is 0 Å². The van der Waals surface area contributed by atoms with Crippen LogP contribution in [0.4, 0.5) is 18.0 Å². The molecule has 2 atom stereocenters. The molecule has 2 amide bonds. The Morgan fingerprint density at radius 1 is 1.50 bits per heavy atom. The first kappa shape index (κ1) is 15.1. The number of rotatable bonds is 3. The van der Waals surface area contributed by atoms with Gasteiger partial charge in [0, 0.05) is 29.9 Å². The molecule has 1 aliphatic rings. The van der Waals surface area contributed by atoms with Crippen LogP contribution in [0.15, 0.2) is 17.5 Å². The molecule has 0 bridgehead atoms. The number of hydrogen-bond acceptors (Lipinski definition) is 3. The van der Waals surface area contributed by atoms with E-state index in [4.69, 9.17) is 5.73 Å². The van der Waals surface area contributed by atoms with Crippen LogP contribution in [0.2, 0.25) is 0 Å². The van der Waals surface area contributed by atoms with Gasteiger partial charge < -0.3 is 16.0 Å². The number of carbonyl (C=O) groups excluding carboxylic acids is 1. The van der Waals surface area contributed by atoms with Gasteiger partial charge >= 0.3 is 12.2 Å². The summed E-state index contributed by atoms with van der Waals surface area (Å²) in [5.74, 6) is 0.0296. The first-order chi connectivity index (χ1) is 9.35. The minimum atomic E-state index is -4.26. The topological polar surface area (TPSA) is 58.4 Å². The summed E-state index contributed by atoms with van der Waals surface area (Å²) in [7, 11) is 0. The SMILES string of the molecule is NC(=O)N1CC(NCC(F)(F)F)CC(c2cccs2)C1. The Morgan fingerprint density at radius 2 is 2.25 bits per heavy atom. The average molecular weight is 307 g/mol. The van der Waals surface area contributed by atoms with E-state index in [9.17, 15) is 18.0 Å². The molecule has 2 unspecified atom stereocenters. The summed E-state index contributed by atoms with van der Waals surface area (Å²) >= 11 is 1.54. The lowest BCUT2D eigenvalue weighted by Crippen LogP contribution is -2.53. The van der Waals surface area contributed by atoms with Gasteiger partial charge in [0.1, 0.15) is 0 Å². The number of urea groups is 1. The van der Waals surface area contributed by atoms with Gasteiger partial charge in [-0.25, -0.2) is 4.79 Å². The van der Waals surface area contributed by atoms with Crippen LogP contribution >= 0.6 is 11.3 Å². The number of primary amides is 1. The fraction of sp³-hybridized carbons (Fsp3) is 0.583. The number of nitrogens with one attached hydrogen (secondary N) is 1. The van der Waals surface area contributed by atoms with Gasteiger partial charge in [0.05, 0.1) is 6.54 Å². The second-order valence-electron chi connectivity index (χ2n) is 4.88. The Bertz CT molecular complexity index is 449. The highest BCUT2D eigenvalue weighted by atomic mass is 32.1. The molecular formula is C12H16F3N3OS. The zero-order chi connectivity index (χ0) is 14.8. The highest BCUT2D eigenvalue weighted by Gasteiger charge is 2.33. The maximum absolute atomic E-state index is 12.3. The van der Waals surface area contributed by atoms with Crippen molar-refractivity contribution in [3.63, 3.8) is 0 Å². The molecule has 1 aliphatic heterocycles. The molecule has 4 nitrogen and oxygen atoms in total. The Morgan fingerprint density at radius 3 is 2.80 bits per heavy atom. The van der Waals surface area contributed by atoms with Gasteiger partial charge in [-0.15, -0.1) is 11.3 Å². The van der Waals surface area contributed by atoms with E-state index in [0.717, 1.165) is 4.88 Å². The monoisotopic (exact) mass is 307 g/mol. The van der Waals surface area contributed by atoms with Gasteiger partial charge in [-0.1, -0.05) is 6.07 Å². The molecule has 112 valence electrons. The zero-order valence-corrected chi connectivity index (χ0v) is 11.5. The molecule has 8 heteroatoms. The van der Waals surface area contributed by atoms with Crippen LogP contribution in [0.3, 0.4) is 0 Å². The van der Waals surface area contributed by atoms with Crippen molar-refractivity contribution in [1.29, 1.82) is 0 Å². The summed E-state index contributed by atoms with van der Waals surface area (Å²) in [6.45, 7) is -0.380. The van der Waals surface area contributed by atoms with Gasteiger partial charge in [0.25, 0.3) is 0 Å². The molecule has 1 fully saturated rings. The third-order valence-corrected chi connectivity index (χ3v) is 4.33. The van der Waals surface area contributed by atoms with Crippen LogP contribution in [0.1, 0.15) is 17.2 Å². The van der Waals surface area contributed by atoms with Crippen LogP contribution < -0.4 is 11.1 Å². The van der Waals surface area contributed by atoms with Crippen molar-refractivity contribution in [2.24, 2.45) is 5.73 Å². The fourth-order valence-corrected chi connectivity index (χ4v) is 3.25. The number of hydrogen-bond donors (Lipinski definition) is 2. The number of carbonyl (C=O) groups is 1. The molecule has 0 aliphatic carbocycles. The van der Waals surface area contributed by atoms with Gasteiger partial charge in [-0.05, 0) is 17.9 Å². The largest absolute Gasteiger partial charge is 0.401 e. The van der Waals surface area contributed by atoms with E-state index in [2.05, 4.69) is 5.32 Å². The number of alkyl halides is 3. The normalized spacial score (nSPS) is 23.9. The number of amides is 2. The van der Waals surface area contributed by atoms with Crippen LogP contribution in [-0.2, 0) is 0 Å². The zero-order valence-electron chi connectivity index (χ0n) is 10.7. The molecule has 0 aromatic carbocycles. The van der Waals surface area contributed by atoms with E-state index in [1.54, 1.807) is 11.3 Å². The Hall–Kier alpha value is -1.28. The molecule has 2 rings (SSSR count). The van der Waals surface area contributed by atoms with E-state index in [1.165, 1.54) is 4.90 Å². The van der Waals surface area contributed by atoms with E-state index < -0.39 is 24.8 Å². The Labute approximate surface area is 118 Å². The van der Waals surface area contributed by atoms with Crippen molar-refractivity contribution in [2.45, 2.75) is 24.6 Å². The Kier molecular flexibility index (Phi) is 4.54. The van der Waals surface area contributed by atoms with E-state index >= 15 is 0 Å². The summed E-state index contributed by atoms with van der Waals surface area (Å²) in [6.07, 6.45) is -3.69. The van der Waals surface area contributed by atoms with Crippen LogP contribution in [-0.4, -0.2) is 42.8 Å². The average Bonchev–Trinajstić information content (AvgIpc) is 2.89. The summed E-state index contributed by atoms with van der Waals surface area (Å²) in [6, 6.07) is 2.83. The number of nitrogens with two attached hydrogens (primary N) is 1. The standard InChI is InChI=1S/C12H16F3N3OS/c13-12(14,15)7-17-9-4-8(10-2-1-3-20-10)5-18(6-9)11(16)19/h1-3,8-9,17H,4-7H2,(H2,16,19). The smallest absolute Gasteiger partial charge is 0.351 e. The van der Waals surface area contributed by atoms with Crippen molar-refractivity contribution >= 4 is 17.4 Å². The van der Waals surface area contributed by atoms with Crippen molar-refractivity contribution < 1.29 is 18.0 Å². The third-order valence-electron chi connectivity index (χ3n) is 3.30. The lowest BCUT2D eigenvalue weighted by molar-refractivity contribution is -0.126. The molecule has 2 heterocycles. The van der Waals surface area contributed by atoms with Crippen molar-refractivity contribution in [2.75, 3.05) is 19.6 Å². The summed E-state index contributed by atoms with van der Waals surface area (Å²) < 4.78 is 36.8. The highest BCUT2D eigenvalue weighted by Crippen LogP contribution is 2.30. The minimum absolute atomic E-state index is 0.0296. The third kappa shape index (κ3) is 4.11. The maximum atomic E-state index is 12.3. The van der Waals surface area contributed by atoms with Crippen molar-refractivity contribution in [3.05, 3.63) is 22.4 Å². The van der Waals surface area contributed by atoms with Gasteiger partial charge in [0.15, 0.2) is 0 Å². The fourth-order valence-electron chi connectivity index (χ4n) is 2.42. The number of nitrogens with zero attached hydrogens (tertiary/aromatic N) is 1. The maximum Gasteiger partial charge on any atom is 0.401 e. The van der Waals surface area contributed by atoms with Crippen LogP contribution in [0.5, 0.6) is 0 Å². The predicted molar refractivity (Wildman–Crippen MR) is 70.7 cm³/mol. The Balaban J connectivity index is 2.03. The first-order valence-electron chi connectivity index (χ1n) is 6.23.